The first kappa shape index (κ1) is 22.4. The quantitative estimate of drug-likeness (QED) is 0.257. The molecule has 5 nitrogen and oxygen atoms in total. The van der Waals surface area contributed by atoms with Gasteiger partial charge in [-0.15, -0.1) is 24.0 Å². The molecule has 1 aliphatic heterocycles. The molecule has 0 radical (unpaired) electrons. The van der Waals surface area contributed by atoms with Gasteiger partial charge in [0.25, 0.3) is 0 Å². The summed E-state index contributed by atoms with van der Waals surface area (Å²) < 4.78 is 24.1. The second-order valence-electron chi connectivity index (χ2n) is 5.76. The molecule has 1 aromatic carbocycles. The van der Waals surface area contributed by atoms with E-state index in [-0.39, 0.29) is 29.0 Å². The number of aliphatic imine (C=N–C) groups is 1. The minimum absolute atomic E-state index is 0. The fourth-order valence-electron chi connectivity index (χ4n) is 2.40. The van der Waals surface area contributed by atoms with E-state index < -0.39 is 5.82 Å². The predicted octanol–water partition coefficient (Wildman–Crippen LogP) is 3.21. The molecule has 0 aromatic heterocycles. The largest absolute Gasteiger partial charge is 0.381 e. The lowest BCUT2D eigenvalue weighted by molar-refractivity contribution is 0.0888. The summed E-state index contributed by atoms with van der Waals surface area (Å²) in [4.78, 5) is 4.15. The van der Waals surface area contributed by atoms with Gasteiger partial charge in [-0.1, -0.05) is 17.7 Å². The van der Waals surface area contributed by atoms with E-state index in [0.29, 0.717) is 25.0 Å². The zero-order valence-electron chi connectivity index (χ0n) is 14.4. The zero-order valence-corrected chi connectivity index (χ0v) is 17.5. The van der Waals surface area contributed by atoms with E-state index in [1.54, 1.807) is 19.2 Å². The van der Waals surface area contributed by atoms with Crippen molar-refractivity contribution in [2.24, 2.45) is 10.9 Å². The highest BCUT2D eigenvalue weighted by atomic mass is 127. The third-order valence-electron chi connectivity index (χ3n) is 3.80. The van der Waals surface area contributed by atoms with E-state index in [4.69, 9.17) is 21.1 Å². The molecule has 2 rings (SSSR count). The lowest BCUT2D eigenvalue weighted by Gasteiger charge is -2.13. The topological polar surface area (TPSA) is 54.9 Å². The van der Waals surface area contributed by atoms with E-state index in [2.05, 4.69) is 15.6 Å². The van der Waals surface area contributed by atoms with Crippen molar-refractivity contribution in [2.45, 2.75) is 19.4 Å². The molecule has 1 heterocycles. The van der Waals surface area contributed by atoms with Gasteiger partial charge in [0.1, 0.15) is 5.82 Å². The molecule has 0 amide bonds. The van der Waals surface area contributed by atoms with Gasteiger partial charge in [0, 0.05) is 39.3 Å². The Hall–Kier alpha value is -0.640. The van der Waals surface area contributed by atoms with Gasteiger partial charge in [0.15, 0.2) is 5.96 Å². The van der Waals surface area contributed by atoms with Gasteiger partial charge in [-0.25, -0.2) is 4.39 Å². The van der Waals surface area contributed by atoms with Gasteiger partial charge >= 0.3 is 0 Å². The number of rotatable bonds is 8. The summed E-state index contributed by atoms with van der Waals surface area (Å²) in [5.74, 6) is 0.835. The molecule has 0 aliphatic carbocycles. The van der Waals surface area contributed by atoms with Gasteiger partial charge in [-0.3, -0.25) is 4.99 Å². The fraction of sp³-hybridized carbons (Fsp3) is 0.588. The Morgan fingerprint density at radius 2 is 2.28 bits per heavy atom. The molecule has 0 saturated carbocycles. The summed E-state index contributed by atoms with van der Waals surface area (Å²) in [5, 5.41) is 6.52. The summed E-state index contributed by atoms with van der Waals surface area (Å²) in [5.41, 5.74) is 0.895. The molecule has 1 unspecified atom stereocenters. The number of hydrogen-bond acceptors (Lipinski definition) is 3. The Balaban J connectivity index is 0.00000312. The Bertz CT molecular complexity index is 543. The van der Waals surface area contributed by atoms with E-state index >= 15 is 0 Å². The van der Waals surface area contributed by atoms with Crippen LogP contribution >= 0.6 is 35.6 Å². The highest BCUT2D eigenvalue weighted by molar-refractivity contribution is 14.0. The third kappa shape index (κ3) is 8.52. The first-order chi connectivity index (χ1) is 11.7. The van der Waals surface area contributed by atoms with Crippen LogP contribution in [0.25, 0.3) is 0 Å². The van der Waals surface area contributed by atoms with Crippen molar-refractivity contribution < 1.29 is 13.9 Å². The summed E-state index contributed by atoms with van der Waals surface area (Å²) in [6.45, 7) is 4.47. The summed E-state index contributed by atoms with van der Waals surface area (Å²) >= 11 is 5.77. The summed E-state index contributed by atoms with van der Waals surface area (Å²) in [6.07, 6.45) is 2.00. The Morgan fingerprint density at radius 3 is 2.96 bits per heavy atom. The number of ether oxygens (including phenoxy) is 2. The molecular formula is C17H26ClFIN3O2. The van der Waals surface area contributed by atoms with Crippen LogP contribution in [0.3, 0.4) is 0 Å². The molecular weight excluding hydrogens is 460 g/mol. The van der Waals surface area contributed by atoms with Gasteiger partial charge in [-0.05, 0) is 30.5 Å². The maximum absolute atomic E-state index is 13.1. The van der Waals surface area contributed by atoms with Gasteiger partial charge in [0.2, 0.25) is 0 Å². The van der Waals surface area contributed by atoms with E-state index in [0.717, 1.165) is 44.8 Å². The SMILES string of the molecule is CN=C(NCCCOCC1CCOC1)NCc1ccc(F)c(Cl)c1.I. The van der Waals surface area contributed by atoms with Crippen LogP contribution in [0.4, 0.5) is 4.39 Å². The summed E-state index contributed by atoms with van der Waals surface area (Å²) in [6, 6.07) is 4.67. The summed E-state index contributed by atoms with van der Waals surface area (Å²) in [7, 11) is 1.71. The van der Waals surface area contributed by atoms with Crippen molar-refractivity contribution in [3.05, 3.63) is 34.6 Å². The molecule has 1 saturated heterocycles. The van der Waals surface area contributed by atoms with Crippen LogP contribution in [-0.2, 0) is 16.0 Å². The molecule has 1 aromatic rings. The van der Waals surface area contributed by atoms with E-state index in [1.807, 2.05) is 0 Å². The average molecular weight is 486 g/mol. The third-order valence-corrected chi connectivity index (χ3v) is 4.09. The number of benzene rings is 1. The second-order valence-corrected chi connectivity index (χ2v) is 6.17. The number of nitrogens with zero attached hydrogens (tertiary/aromatic N) is 1. The number of nitrogens with one attached hydrogen (secondary N) is 2. The van der Waals surface area contributed by atoms with Gasteiger partial charge in [-0.2, -0.15) is 0 Å². The van der Waals surface area contributed by atoms with Crippen LogP contribution in [0.1, 0.15) is 18.4 Å². The van der Waals surface area contributed by atoms with Crippen molar-refractivity contribution in [2.75, 3.05) is 40.0 Å². The van der Waals surface area contributed by atoms with E-state index in [9.17, 15) is 4.39 Å². The monoisotopic (exact) mass is 485 g/mol. The van der Waals surface area contributed by atoms with Crippen LogP contribution in [0, 0.1) is 11.7 Å². The van der Waals surface area contributed by atoms with Crippen LogP contribution in [0.5, 0.6) is 0 Å². The number of guanidine groups is 1. The highest BCUT2D eigenvalue weighted by Crippen LogP contribution is 2.15. The lowest BCUT2D eigenvalue weighted by Crippen LogP contribution is -2.37. The molecule has 1 aliphatic rings. The molecule has 1 fully saturated rings. The smallest absolute Gasteiger partial charge is 0.191 e. The Labute approximate surface area is 170 Å². The Morgan fingerprint density at radius 1 is 1.44 bits per heavy atom. The molecule has 25 heavy (non-hydrogen) atoms. The molecule has 142 valence electrons. The molecule has 1 atom stereocenters. The fourth-order valence-corrected chi connectivity index (χ4v) is 2.60. The van der Waals surface area contributed by atoms with Gasteiger partial charge in [0.05, 0.1) is 18.2 Å². The molecule has 0 spiro atoms. The van der Waals surface area contributed by atoms with Crippen LogP contribution in [-0.4, -0.2) is 46.0 Å². The van der Waals surface area contributed by atoms with Crippen molar-refractivity contribution in [1.82, 2.24) is 10.6 Å². The van der Waals surface area contributed by atoms with Crippen molar-refractivity contribution >= 4 is 41.5 Å². The predicted molar refractivity (Wildman–Crippen MR) is 109 cm³/mol. The molecule has 2 N–H and O–H groups in total. The minimum atomic E-state index is -0.410. The van der Waals surface area contributed by atoms with Crippen LogP contribution in [0.15, 0.2) is 23.2 Å². The van der Waals surface area contributed by atoms with Crippen molar-refractivity contribution in [3.8, 4) is 0 Å². The normalized spacial score (nSPS) is 17.2. The number of halogens is 3. The highest BCUT2D eigenvalue weighted by Gasteiger charge is 2.15. The lowest BCUT2D eigenvalue weighted by atomic mass is 10.1. The maximum atomic E-state index is 13.1. The van der Waals surface area contributed by atoms with Gasteiger partial charge < -0.3 is 20.1 Å². The van der Waals surface area contributed by atoms with Crippen molar-refractivity contribution in [3.63, 3.8) is 0 Å². The maximum Gasteiger partial charge on any atom is 0.191 e. The van der Waals surface area contributed by atoms with Crippen molar-refractivity contribution in [1.29, 1.82) is 0 Å². The molecule has 8 heteroatoms. The van der Waals surface area contributed by atoms with Crippen LogP contribution in [0.2, 0.25) is 5.02 Å². The minimum Gasteiger partial charge on any atom is -0.381 e. The zero-order chi connectivity index (χ0) is 17.2. The van der Waals surface area contributed by atoms with Crippen LogP contribution < -0.4 is 10.6 Å². The Kier molecular flexibility index (Phi) is 11.4. The standard InChI is InChI=1S/C17H25ClFN3O2.HI/c1-20-17(22-10-13-3-4-16(19)15(18)9-13)21-6-2-7-23-11-14-5-8-24-12-14;/h3-4,9,14H,2,5-8,10-12H2,1H3,(H2,20,21,22);1H. The first-order valence-electron chi connectivity index (χ1n) is 8.23. The second kappa shape index (κ2) is 12.7. The number of hydrogen-bond donors (Lipinski definition) is 2. The first-order valence-corrected chi connectivity index (χ1v) is 8.60. The van der Waals surface area contributed by atoms with E-state index in [1.165, 1.54) is 6.07 Å². The molecule has 0 bridgehead atoms. The average Bonchev–Trinajstić information content (AvgIpc) is 3.10.